The van der Waals surface area contributed by atoms with Crippen LogP contribution < -0.4 is 10.6 Å². The Morgan fingerprint density at radius 3 is 2.34 bits per heavy atom. The second kappa shape index (κ2) is 11.1. The van der Waals surface area contributed by atoms with Gasteiger partial charge in [-0.05, 0) is 129 Å². The van der Waals surface area contributed by atoms with Crippen molar-refractivity contribution in [3.63, 3.8) is 0 Å². The molecular formula is C35H57N5O3Si. The van der Waals surface area contributed by atoms with Crippen molar-refractivity contribution in [3.05, 3.63) is 35.8 Å². The molecule has 6 rings (SSSR count). The number of rotatable bonds is 9. The largest absolute Gasteiger partial charge is 0.444 e. The Labute approximate surface area is 266 Å². The minimum Gasteiger partial charge on any atom is -0.444 e. The number of hydrogen-bond donors (Lipinski definition) is 2. The molecule has 2 aromatic rings. The number of nitrogens with one attached hydrogen (secondary N) is 2. The van der Waals surface area contributed by atoms with E-state index >= 15 is 0 Å². The monoisotopic (exact) mass is 623 g/mol. The molecule has 4 saturated carbocycles. The van der Waals surface area contributed by atoms with Crippen molar-refractivity contribution in [1.82, 2.24) is 20.1 Å². The van der Waals surface area contributed by atoms with Gasteiger partial charge in [-0.2, -0.15) is 5.10 Å². The van der Waals surface area contributed by atoms with Crippen molar-refractivity contribution in [3.8, 4) is 0 Å². The highest BCUT2D eigenvalue weighted by molar-refractivity contribution is 6.74. The third-order valence-electron chi connectivity index (χ3n) is 10.3. The molecule has 2 aromatic heterocycles. The molecule has 9 heteroatoms. The van der Waals surface area contributed by atoms with E-state index in [1.165, 1.54) is 0 Å². The van der Waals surface area contributed by atoms with Crippen molar-refractivity contribution in [2.24, 2.45) is 5.41 Å². The first-order valence-electron chi connectivity index (χ1n) is 16.7. The lowest BCUT2D eigenvalue weighted by Crippen LogP contribution is -2.74. The Balaban J connectivity index is 1.19. The van der Waals surface area contributed by atoms with Gasteiger partial charge in [0, 0.05) is 41.2 Å². The molecule has 4 aliphatic carbocycles. The lowest BCUT2D eigenvalue weighted by molar-refractivity contribution is -0.155. The van der Waals surface area contributed by atoms with E-state index in [1.54, 1.807) is 0 Å². The summed E-state index contributed by atoms with van der Waals surface area (Å²) in [6, 6.07) is 6.48. The van der Waals surface area contributed by atoms with Crippen molar-refractivity contribution >= 4 is 25.9 Å². The van der Waals surface area contributed by atoms with Gasteiger partial charge < -0.3 is 19.8 Å². The summed E-state index contributed by atoms with van der Waals surface area (Å²) in [6.45, 7) is 24.0. The Kier molecular flexibility index (Phi) is 8.35. The van der Waals surface area contributed by atoms with Crippen LogP contribution >= 0.6 is 0 Å². The van der Waals surface area contributed by atoms with Gasteiger partial charge in [-0.3, -0.25) is 4.98 Å². The van der Waals surface area contributed by atoms with Gasteiger partial charge >= 0.3 is 6.09 Å². The number of ether oxygens (including phenoxy) is 1. The predicted molar refractivity (Wildman–Crippen MR) is 180 cm³/mol. The van der Waals surface area contributed by atoms with Crippen LogP contribution in [0.1, 0.15) is 125 Å². The fraction of sp³-hybridized carbons (Fsp3) is 0.743. The standard InChI is InChI=1S/C35H57N5O3Si/c1-31(2,3)40-29(20-28(39-40)24-12-13-27(18-24)43-44(10,11)33(7,8)9)37-26-15-17-36-25(19-26)14-16-34-21-35(22-34,23-34)38-30(41)42-32(4,5)6/h15,17,19-20,24,27H,12-14,16,18,21-23H2,1-11H3,(H,36,37)(H,38,41)/t24-,27+,34?,35?/m0/s1. The second-order valence-corrected chi connectivity index (χ2v) is 22.4. The van der Waals surface area contributed by atoms with E-state index in [4.69, 9.17) is 19.2 Å². The number of nitrogens with zero attached hydrogens (tertiary/aromatic N) is 3. The summed E-state index contributed by atoms with van der Waals surface area (Å²) in [5, 5.41) is 12.2. The van der Waals surface area contributed by atoms with Gasteiger partial charge in [-0.25, -0.2) is 9.48 Å². The maximum absolute atomic E-state index is 12.3. The Morgan fingerprint density at radius 2 is 1.73 bits per heavy atom. The van der Waals surface area contributed by atoms with E-state index in [9.17, 15) is 4.79 Å². The number of anilines is 2. The van der Waals surface area contributed by atoms with E-state index in [2.05, 4.69) is 82.1 Å². The first kappa shape index (κ1) is 33.0. The number of alkyl carbamates (subject to hydrolysis) is 1. The molecule has 0 unspecified atom stereocenters. The van der Waals surface area contributed by atoms with Crippen LogP contribution in [0, 0.1) is 5.41 Å². The lowest BCUT2D eigenvalue weighted by atomic mass is 9.38. The summed E-state index contributed by atoms with van der Waals surface area (Å²) in [5.74, 6) is 1.44. The SMILES string of the molecule is CC(C)(C)OC(=O)NC12CC(CCc3cc(Nc4cc([C@H]5CC[C@@H](O[Si](C)(C)C(C)(C)C)C5)nn4C(C)(C)C)ccn3)(C1)C2. The molecule has 1 amide bonds. The summed E-state index contributed by atoms with van der Waals surface area (Å²) in [4.78, 5) is 17.0. The molecule has 0 spiro atoms. The average molecular weight is 624 g/mol. The minimum atomic E-state index is -1.79. The van der Waals surface area contributed by atoms with Crippen LogP contribution in [-0.2, 0) is 21.1 Å². The molecule has 244 valence electrons. The molecule has 0 radical (unpaired) electrons. The van der Waals surface area contributed by atoms with Crippen LogP contribution in [0.2, 0.25) is 18.1 Å². The van der Waals surface area contributed by atoms with Crippen LogP contribution in [0.4, 0.5) is 16.3 Å². The molecule has 2 atom stereocenters. The lowest BCUT2D eigenvalue weighted by Gasteiger charge is -2.70. The quantitative estimate of drug-likeness (QED) is 0.271. The molecule has 0 aromatic carbocycles. The van der Waals surface area contributed by atoms with Crippen LogP contribution in [0.25, 0.3) is 0 Å². The normalized spacial score (nSPS) is 27.0. The smallest absolute Gasteiger partial charge is 0.408 e. The highest BCUT2D eigenvalue weighted by Gasteiger charge is 2.68. The van der Waals surface area contributed by atoms with Gasteiger partial charge in [0.25, 0.3) is 0 Å². The highest BCUT2D eigenvalue weighted by Crippen LogP contribution is 2.69. The number of aromatic nitrogens is 3. The molecular weight excluding hydrogens is 567 g/mol. The van der Waals surface area contributed by atoms with E-state index in [-0.39, 0.29) is 22.2 Å². The first-order valence-corrected chi connectivity index (χ1v) is 19.6. The van der Waals surface area contributed by atoms with Crippen molar-refractivity contribution in [2.75, 3.05) is 5.32 Å². The number of carbonyl (C=O) groups is 1. The van der Waals surface area contributed by atoms with Crippen molar-refractivity contribution < 1.29 is 14.0 Å². The maximum Gasteiger partial charge on any atom is 0.408 e. The zero-order valence-corrected chi connectivity index (χ0v) is 30.2. The van der Waals surface area contributed by atoms with Crippen molar-refractivity contribution in [1.29, 1.82) is 0 Å². The molecule has 2 bridgehead atoms. The van der Waals surface area contributed by atoms with Gasteiger partial charge in [0.15, 0.2) is 8.32 Å². The molecule has 0 aliphatic heterocycles. The Hall–Kier alpha value is -2.39. The summed E-state index contributed by atoms with van der Waals surface area (Å²) in [5.41, 5.74) is 2.94. The second-order valence-electron chi connectivity index (χ2n) is 17.6. The molecule has 0 saturated heterocycles. The van der Waals surface area contributed by atoms with E-state index in [0.717, 1.165) is 74.3 Å². The number of hydrogen-bond acceptors (Lipinski definition) is 6. The summed E-state index contributed by atoms with van der Waals surface area (Å²) in [7, 11) is -1.79. The fourth-order valence-electron chi connectivity index (χ4n) is 7.26. The summed E-state index contributed by atoms with van der Waals surface area (Å²) < 4.78 is 14.4. The third-order valence-corrected chi connectivity index (χ3v) is 14.9. The summed E-state index contributed by atoms with van der Waals surface area (Å²) >= 11 is 0. The Bertz CT molecular complexity index is 1340. The predicted octanol–water partition coefficient (Wildman–Crippen LogP) is 8.81. The van der Waals surface area contributed by atoms with Crippen LogP contribution in [-0.4, -0.2) is 46.4 Å². The topological polar surface area (TPSA) is 90.3 Å². The zero-order valence-electron chi connectivity index (χ0n) is 29.2. The van der Waals surface area contributed by atoms with Gasteiger partial charge in [0.05, 0.1) is 11.2 Å². The van der Waals surface area contributed by atoms with Gasteiger partial charge in [-0.15, -0.1) is 0 Å². The molecule has 4 aliphatic rings. The maximum atomic E-state index is 12.3. The zero-order chi connectivity index (χ0) is 32.3. The number of amides is 1. The van der Waals surface area contributed by atoms with E-state index in [0.29, 0.717) is 17.4 Å². The molecule has 4 fully saturated rings. The van der Waals surface area contributed by atoms with E-state index in [1.807, 2.05) is 33.0 Å². The molecule has 2 N–H and O–H groups in total. The average Bonchev–Trinajstić information content (AvgIpc) is 3.45. The van der Waals surface area contributed by atoms with Gasteiger partial charge in [0.2, 0.25) is 0 Å². The number of pyridine rings is 1. The van der Waals surface area contributed by atoms with Crippen LogP contribution in [0.5, 0.6) is 0 Å². The number of aryl methyl sites for hydroxylation is 1. The molecule has 2 heterocycles. The third kappa shape index (κ3) is 7.19. The van der Waals surface area contributed by atoms with Crippen molar-refractivity contribution in [2.45, 2.75) is 161 Å². The van der Waals surface area contributed by atoms with Crippen LogP contribution in [0.15, 0.2) is 24.4 Å². The first-order chi connectivity index (χ1) is 20.2. The van der Waals surface area contributed by atoms with Crippen LogP contribution in [0.3, 0.4) is 0 Å². The Morgan fingerprint density at radius 1 is 1.05 bits per heavy atom. The summed E-state index contributed by atoms with van der Waals surface area (Å²) in [6.07, 6.45) is 10.3. The highest BCUT2D eigenvalue weighted by atomic mass is 28.4. The fourth-order valence-corrected chi connectivity index (χ4v) is 8.66. The molecule has 44 heavy (non-hydrogen) atoms. The molecule has 8 nitrogen and oxygen atoms in total. The van der Waals surface area contributed by atoms with E-state index < -0.39 is 13.9 Å². The van der Waals surface area contributed by atoms with Gasteiger partial charge in [-0.1, -0.05) is 20.8 Å². The number of carbonyl (C=O) groups excluding carboxylic acids is 1. The van der Waals surface area contributed by atoms with Gasteiger partial charge in [0.1, 0.15) is 11.4 Å². The minimum absolute atomic E-state index is 0.0571.